The quantitative estimate of drug-likeness (QED) is 0.858. The minimum absolute atomic E-state index is 0.336. The van der Waals surface area contributed by atoms with Crippen LogP contribution in [0.15, 0.2) is 60.7 Å². The predicted octanol–water partition coefficient (Wildman–Crippen LogP) is 2.17. The Balaban J connectivity index is 1.72. The maximum absolute atomic E-state index is 12.3. The van der Waals surface area contributed by atoms with Gasteiger partial charge >= 0.3 is 11.9 Å². The molecular formula is C19H18O6. The number of rotatable bonds is 4. The molecule has 25 heavy (non-hydrogen) atoms. The third-order valence-electron chi connectivity index (χ3n) is 3.93. The van der Waals surface area contributed by atoms with Gasteiger partial charge in [-0.25, -0.2) is 9.59 Å². The molecule has 2 aromatic carbocycles. The van der Waals surface area contributed by atoms with E-state index in [4.69, 9.17) is 14.2 Å². The van der Waals surface area contributed by atoms with Gasteiger partial charge in [-0.05, 0) is 31.2 Å². The summed E-state index contributed by atoms with van der Waals surface area (Å²) in [5.74, 6) is -1.20. The summed E-state index contributed by atoms with van der Waals surface area (Å²) >= 11 is 0. The molecule has 1 aliphatic rings. The molecule has 0 saturated carbocycles. The van der Waals surface area contributed by atoms with Gasteiger partial charge in [-0.3, -0.25) is 0 Å². The number of aliphatic hydroxyl groups is 1. The van der Waals surface area contributed by atoms with Crippen molar-refractivity contribution >= 4 is 11.9 Å². The maximum Gasteiger partial charge on any atom is 0.338 e. The van der Waals surface area contributed by atoms with Crippen molar-refractivity contribution < 1.29 is 28.9 Å². The van der Waals surface area contributed by atoms with Gasteiger partial charge in [-0.2, -0.15) is 0 Å². The van der Waals surface area contributed by atoms with Crippen molar-refractivity contribution in [1.29, 1.82) is 0 Å². The third-order valence-corrected chi connectivity index (χ3v) is 3.93. The van der Waals surface area contributed by atoms with Crippen LogP contribution in [0.5, 0.6) is 0 Å². The van der Waals surface area contributed by atoms with E-state index in [1.165, 1.54) is 0 Å². The van der Waals surface area contributed by atoms with Gasteiger partial charge in [0, 0.05) is 0 Å². The lowest BCUT2D eigenvalue weighted by Gasteiger charge is -2.22. The van der Waals surface area contributed by atoms with Crippen molar-refractivity contribution in [2.75, 3.05) is 0 Å². The van der Waals surface area contributed by atoms with Crippen LogP contribution in [-0.4, -0.2) is 41.6 Å². The van der Waals surface area contributed by atoms with Crippen LogP contribution in [0.1, 0.15) is 27.6 Å². The summed E-state index contributed by atoms with van der Waals surface area (Å²) in [4.78, 5) is 24.5. The molecule has 0 radical (unpaired) electrons. The van der Waals surface area contributed by atoms with Crippen LogP contribution < -0.4 is 0 Å². The normalized spacial score (nSPS) is 25.4. The van der Waals surface area contributed by atoms with Crippen LogP contribution in [-0.2, 0) is 14.2 Å². The van der Waals surface area contributed by atoms with Crippen molar-refractivity contribution in [2.24, 2.45) is 0 Å². The van der Waals surface area contributed by atoms with Crippen molar-refractivity contribution in [3.8, 4) is 0 Å². The van der Waals surface area contributed by atoms with Crippen LogP contribution in [0.3, 0.4) is 0 Å². The number of carbonyl (C=O) groups is 2. The van der Waals surface area contributed by atoms with Gasteiger partial charge in [0.15, 0.2) is 18.5 Å². The van der Waals surface area contributed by atoms with Crippen LogP contribution in [0.2, 0.25) is 0 Å². The van der Waals surface area contributed by atoms with Crippen LogP contribution in [0, 0.1) is 0 Å². The highest BCUT2D eigenvalue weighted by Crippen LogP contribution is 2.27. The van der Waals surface area contributed by atoms with Crippen LogP contribution in [0.25, 0.3) is 0 Å². The number of ether oxygens (including phenoxy) is 3. The first kappa shape index (κ1) is 17.1. The fourth-order valence-electron chi connectivity index (χ4n) is 2.62. The summed E-state index contributed by atoms with van der Waals surface area (Å²) in [5.41, 5.74) is 0.701. The molecule has 3 rings (SSSR count). The van der Waals surface area contributed by atoms with Gasteiger partial charge in [-0.15, -0.1) is 0 Å². The van der Waals surface area contributed by atoms with Gasteiger partial charge in [-0.1, -0.05) is 36.4 Å². The fraction of sp³-hybridized carbons (Fsp3) is 0.263. The summed E-state index contributed by atoms with van der Waals surface area (Å²) in [7, 11) is 0. The number of aliphatic hydroxyl groups excluding tert-OH is 1. The Morgan fingerprint density at radius 2 is 1.28 bits per heavy atom. The number of hydrogen-bond acceptors (Lipinski definition) is 6. The minimum atomic E-state index is -1.36. The Kier molecular flexibility index (Phi) is 5.11. The molecule has 1 unspecified atom stereocenters. The first-order valence-electron chi connectivity index (χ1n) is 7.92. The second-order valence-electron chi connectivity index (χ2n) is 5.70. The monoisotopic (exact) mass is 342 g/mol. The van der Waals surface area contributed by atoms with Gasteiger partial charge < -0.3 is 19.3 Å². The second-order valence-corrected chi connectivity index (χ2v) is 5.70. The van der Waals surface area contributed by atoms with Crippen molar-refractivity contribution in [3.05, 3.63) is 71.8 Å². The fourth-order valence-corrected chi connectivity index (χ4v) is 2.62. The molecule has 130 valence electrons. The molecule has 6 nitrogen and oxygen atoms in total. The smallest absolute Gasteiger partial charge is 0.338 e. The highest BCUT2D eigenvalue weighted by atomic mass is 16.7. The zero-order valence-corrected chi connectivity index (χ0v) is 13.6. The van der Waals surface area contributed by atoms with E-state index in [0.29, 0.717) is 11.1 Å². The first-order valence-corrected chi connectivity index (χ1v) is 7.92. The number of benzene rings is 2. The molecule has 0 aliphatic carbocycles. The van der Waals surface area contributed by atoms with E-state index in [0.717, 1.165) is 0 Å². The third kappa shape index (κ3) is 3.87. The second kappa shape index (κ2) is 7.46. The van der Waals surface area contributed by atoms with E-state index in [-0.39, 0.29) is 0 Å². The number of hydrogen-bond donors (Lipinski definition) is 1. The highest BCUT2D eigenvalue weighted by Gasteiger charge is 2.47. The van der Waals surface area contributed by atoms with Gasteiger partial charge in [0.25, 0.3) is 0 Å². The van der Waals surface area contributed by atoms with E-state index >= 15 is 0 Å². The first-order chi connectivity index (χ1) is 12.1. The van der Waals surface area contributed by atoms with Crippen LogP contribution >= 0.6 is 0 Å². The molecule has 1 aliphatic heterocycles. The minimum Gasteiger partial charge on any atom is -0.452 e. The molecule has 4 atom stereocenters. The Hall–Kier alpha value is -2.70. The van der Waals surface area contributed by atoms with Crippen molar-refractivity contribution in [3.63, 3.8) is 0 Å². The van der Waals surface area contributed by atoms with E-state index in [1.807, 2.05) is 0 Å². The topological polar surface area (TPSA) is 82.1 Å². The largest absolute Gasteiger partial charge is 0.452 e. The standard InChI is InChI=1S/C19H18O6/c1-12-15(24-17(20)13-8-4-2-5-9-13)16(19(22)23-12)25-18(21)14-10-6-3-7-11-14/h2-12,15-16,19,22H,1H3/t12-,15-,16-,19?/m1/s1. The summed E-state index contributed by atoms with van der Waals surface area (Å²) < 4.78 is 16.0. The zero-order chi connectivity index (χ0) is 17.8. The highest BCUT2D eigenvalue weighted by molar-refractivity contribution is 5.90. The molecular weight excluding hydrogens is 324 g/mol. The SMILES string of the molecule is C[C@H]1OC(O)[C@H](OC(=O)c2ccccc2)[C@@H]1OC(=O)c1ccccc1. The lowest BCUT2D eigenvalue weighted by Crippen LogP contribution is -2.39. The van der Waals surface area contributed by atoms with E-state index < -0.39 is 36.5 Å². The molecule has 1 saturated heterocycles. The molecule has 6 heteroatoms. The molecule has 2 aromatic rings. The molecule has 1 fully saturated rings. The Labute approximate surface area is 144 Å². The predicted molar refractivity (Wildman–Crippen MR) is 87.8 cm³/mol. The van der Waals surface area contributed by atoms with E-state index in [9.17, 15) is 14.7 Å². The maximum atomic E-state index is 12.3. The van der Waals surface area contributed by atoms with Gasteiger partial charge in [0.05, 0.1) is 17.2 Å². The Morgan fingerprint density at radius 3 is 1.76 bits per heavy atom. The van der Waals surface area contributed by atoms with Crippen LogP contribution in [0.4, 0.5) is 0 Å². The van der Waals surface area contributed by atoms with Crippen molar-refractivity contribution in [2.45, 2.75) is 31.5 Å². The summed E-state index contributed by atoms with van der Waals surface area (Å²) in [5, 5.41) is 10.0. The van der Waals surface area contributed by atoms with Gasteiger partial charge in [0.2, 0.25) is 0 Å². The summed E-state index contributed by atoms with van der Waals surface area (Å²) in [6.07, 6.45) is -3.99. The van der Waals surface area contributed by atoms with Gasteiger partial charge in [0.1, 0.15) is 0 Å². The van der Waals surface area contributed by atoms with E-state index in [1.54, 1.807) is 67.6 Å². The molecule has 0 amide bonds. The molecule has 0 aromatic heterocycles. The zero-order valence-electron chi connectivity index (χ0n) is 13.6. The lowest BCUT2D eigenvalue weighted by atomic mass is 10.1. The molecule has 1 N–H and O–H groups in total. The lowest BCUT2D eigenvalue weighted by molar-refractivity contribution is -0.127. The summed E-state index contributed by atoms with van der Waals surface area (Å²) in [6, 6.07) is 16.8. The Bertz CT molecular complexity index is 667. The average molecular weight is 342 g/mol. The summed E-state index contributed by atoms with van der Waals surface area (Å²) in [6.45, 7) is 1.64. The number of esters is 2. The molecule has 0 spiro atoms. The Morgan fingerprint density at radius 1 is 0.840 bits per heavy atom. The molecule has 1 heterocycles. The van der Waals surface area contributed by atoms with Crippen molar-refractivity contribution in [1.82, 2.24) is 0 Å². The average Bonchev–Trinajstić information content (AvgIpc) is 2.90. The van der Waals surface area contributed by atoms with E-state index in [2.05, 4.69) is 0 Å². The number of carbonyl (C=O) groups excluding carboxylic acids is 2. The molecule has 0 bridgehead atoms.